The van der Waals surface area contributed by atoms with Gasteiger partial charge in [-0.25, -0.2) is 9.59 Å². The summed E-state index contributed by atoms with van der Waals surface area (Å²) < 4.78 is 10.0. The average Bonchev–Trinajstić information content (AvgIpc) is 2.44. The van der Waals surface area contributed by atoms with Gasteiger partial charge >= 0.3 is 11.9 Å². The summed E-state index contributed by atoms with van der Waals surface area (Å²) in [6.45, 7) is 6.56. The molecular formula is C15H20O4. The summed E-state index contributed by atoms with van der Waals surface area (Å²) in [5.74, 6) is -0.402. The van der Waals surface area contributed by atoms with Crippen molar-refractivity contribution in [1.82, 2.24) is 0 Å². The van der Waals surface area contributed by atoms with Crippen molar-refractivity contribution in [2.75, 3.05) is 13.2 Å². The van der Waals surface area contributed by atoms with Crippen LogP contribution in [0, 0.1) is 5.92 Å². The molecule has 0 aliphatic rings. The zero-order chi connectivity index (χ0) is 14.3. The third-order valence-electron chi connectivity index (χ3n) is 2.83. The van der Waals surface area contributed by atoms with Crippen LogP contribution in [-0.4, -0.2) is 25.2 Å². The lowest BCUT2D eigenvalue weighted by Crippen LogP contribution is -2.12. The van der Waals surface area contributed by atoms with Crippen molar-refractivity contribution in [3.63, 3.8) is 0 Å². The summed E-state index contributed by atoms with van der Waals surface area (Å²) in [4.78, 5) is 23.2. The molecule has 1 atom stereocenters. The Kier molecular flexibility index (Phi) is 6.06. The summed E-state index contributed by atoms with van der Waals surface area (Å²) in [5, 5.41) is 0. The van der Waals surface area contributed by atoms with Gasteiger partial charge in [0.15, 0.2) is 0 Å². The standard InChI is InChI=1S/C15H20O4/c1-4-11(3)10-19-15(17)13-8-6-12(7-9-13)14(16)18-5-2/h6-9,11H,4-5,10H2,1-3H3. The van der Waals surface area contributed by atoms with Crippen molar-refractivity contribution in [3.05, 3.63) is 35.4 Å². The van der Waals surface area contributed by atoms with Gasteiger partial charge in [-0.05, 0) is 37.1 Å². The van der Waals surface area contributed by atoms with Crippen molar-refractivity contribution in [1.29, 1.82) is 0 Å². The lowest BCUT2D eigenvalue weighted by Gasteiger charge is -2.09. The molecule has 1 aromatic carbocycles. The lowest BCUT2D eigenvalue weighted by atomic mass is 10.1. The van der Waals surface area contributed by atoms with Crippen LogP contribution >= 0.6 is 0 Å². The average molecular weight is 264 g/mol. The van der Waals surface area contributed by atoms with Gasteiger partial charge in [0, 0.05) is 0 Å². The molecule has 0 aromatic heterocycles. The molecule has 0 aliphatic carbocycles. The monoisotopic (exact) mass is 264 g/mol. The maximum Gasteiger partial charge on any atom is 0.338 e. The van der Waals surface area contributed by atoms with E-state index in [2.05, 4.69) is 0 Å². The van der Waals surface area contributed by atoms with E-state index < -0.39 is 0 Å². The number of hydrogen-bond donors (Lipinski definition) is 0. The highest BCUT2D eigenvalue weighted by Crippen LogP contribution is 2.09. The molecule has 0 bridgehead atoms. The molecule has 19 heavy (non-hydrogen) atoms. The second kappa shape index (κ2) is 7.56. The Hall–Kier alpha value is -1.84. The van der Waals surface area contributed by atoms with E-state index in [-0.39, 0.29) is 11.9 Å². The molecule has 1 rings (SSSR count). The minimum absolute atomic E-state index is 0.331. The Morgan fingerprint density at radius 3 is 1.89 bits per heavy atom. The van der Waals surface area contributed by atoms with Crippen LogP contribution in [0.2, 0.25) is 0 Å². The molecule has 4 heteroatoms. The molecule has 0 spiro atoms. The second-order valence-corrected chi connectivity index (χ2v) is 4.41. The molecule has 0 radical (unpaired) electrons. The summed E-state index contributed by atoms with van der Waals surface area (Å²) in [6, 6.07) is 6.28. The van der Waals surface area contributed by atoms with Gasteiger partial charge in [-0.2, -0.15) is 0 Å². The number of benzene rings is 1. The first-order chi connectivity index (χ1) is 9.08. The fraction of sp³-hybridized carbons (Fsp3) is 0.467. The van der Waals surface area contributed by atoms with Crippen LogP contribution in [0.25, 0.3) is 0 Å². The van der Waals surface area contributed by atoms with E-state index in [0.29, 0.717) is 30.3 Å². The zero-order valence-electron chi connectivity index (χ0n) is 11.6. The number of carbonyl (C=O) groups excluding carboxylic acids is 2. The van der Waals surface area contributed by atoms with Crippen molar-refractivity contribution in [3.8, 4) is 0 Å². The highest BCUT2D eigenvalue weighted by atomic mass is 16.5. The topological polar surface area (TPSA) is 52.6 Å². The Bertz CT molecular complexity index is 422. The minimum atomic E-state index is -0.387. The number of rotatable bonds is 6. The Balaban J connectivity index is 2.60. The van der Waals surface area contributed by atoms with Crippen LogP contribution in [0.1, 0.15) is 47.9 Å². The SMILES string of the molecule is CCOC(=O)c1ccc(C(=O)OCC(C)CC)cc1. The van der Waals surface area contributed by atoms with Gasteiger partial charge in [0.2, 0.25) is 0 Å². The van der Waals surface area contributed by atoms with Gasteiger partial charge in [-0.3, -0.25) is 0 Å². The van der Waals surface area contributed by atoms with E-state index in [9.17, 15) is 9.59 Å². The van der Waals surface area contributed by atoms with Crippen LogP contribution in [0.5, 0.6) is 0 Å². The summed E-state index contributed by atoms with van der Waals surface area (Å²) in [5.41, 5.74) is 0.872. The Labute approximate surface area is 113 Å². The predicted molar refractivity (Wildman–Crippen MR) is 72.1 cm³/mol. The van der Waals surface area contributed by atoms with Crippen LogP contribution in [0.4, 0.5) is 0 Å². The van der Waals surface area contributed by atoms with E-state index >= 15 is 0 Å². The first-order valence-corrected chi connectivity index (χ1v) is 6.52. The van der Waals surface area contributed by atoms with E-state index in [1.54, 1.807) is 31.2 Å². The van der Waals surface area contributed by atoms with Crippen LogP contribution in [-0.2, 0) is 9.47 Å². The van der Waals surface area contributed by atoms with E-state index in [1.807, 2.05) is 13.8 Å². The fourth-order valence-corrected chi connectivity index (χ4v) is 1.38. The molecule has 0 saturated heterocycles. The largest absolute Gasteiger partial charge is 0.462 e. The van der Waals surface area contributed by atoms with Crippen molar-refractivity contribution < 1.29 is 19.1 Å². The molecule has 4 nitrogen and oxygen atoms in total. The third-order valence-corrected chi connectivity index (χ3v) is 2.83. The predicted octanol–water partition coefficient (Wildman–Crippen LogP) is 3.07. The molecule has 0 heterocycles. The molecule has 0 saturated carbocycles. The van der Waals surface area contributed by atoms with Gasteiger partial charge < -0.3 is 9.47 Å². The summed E-state index contributed by atoms with van der Waals surface area (Å²) >= 11 is 0. The van der Waals surface area contributed by atoms with Gasteiger partial charge in [-0.1, -0.05) is 20.3 Å². The highest BCUT2D eigenvalue weighted by molar-refractivity contribution is 5.93. The maximum atomic E-state index is 11.7. The van der Waals surface area contributed by atoms with Crippen molar-refractivity contribution >= 4 is 11.9 Å². The van der Waals surface area contributed by atoms with Gasteiger partial charge in [0.1, 0.15) is 0 Å². The first kappa shape index (κ1) is 15.2. The van der Waals surface area contributed by atoms with Gasteiger partial charge in [-0.15, -0.1) is 0 Å². The number of ether oxygens (including phenoxy) is 2. The van der Waals surface area contributed by atoms with E-state index in [0.717, 1.165) is 6.42 Å². The van der Waals surface area contributed by atoms with Gasteiger partial charge in [0.05, 0.1) is 24.3 Å². The van der Waals surface area contributed by atoms with Crippen molar-refractivity contribution in [2.45, 2.75) is 27.2 Å². The smallest absolute Gasteiger partial charge is 0.338 e. The second-order valence-electron chi connectivity index (χ2n) is 4.41. The normalized spacial score (nSPS) is 11.7. The molecule has 1 unspecified atom stereocenters. The van der Waals surface area contributed by atoms with E-state index in [4.69, 9.17) is 9.47 Å². The molecule has 1 aromatic rings. The molecule has 0 aliphatic heterocycles. The molecule has 0 fully saturated rings. The van der Waals surface area contributed by atoms with Gasteiger partial charge in [0.25, 0.3) is 0 Å². The minimum Gasteiger partial charge on any atom is -0.462 e. The fourth-order valence-electron chi connectivity index (χ4n) is 1.38. The Morgan fingerprint density at radius 1 is 1.00 bits per heavy atom. The quantitative estimate of drug-likeness (QED) is 0.741. The maximum absolute atomic E-state index is 11.7. The molecule has 0 N–H and O–H groups in total. The lowest BCUT2D eigenvalue weighted by molar-refractivity contribution is 0.0444. The number of esters is 2. The van der Waals surface area contributed by atoms with Crippen molar-refractivity contribution in [2.24, 2.45) is 5.92 Å². The van der Waals surface area contributed by atoms with Crippen LogP contribution < -0.4 is 0 Å². The number of hydrogen-bond acceptors (Lipinski definition) is 4. The van der Waals surface area contributed by atoms with Crippen LogP contribution in [0.15, 0.2) is 24.3 Å². The summed E-state index contributed by atoms with van der Waals surface area (Å²) in [6.07, 6.45) is 0.967. The summed E-state index contributed by atoms with van der Waals surface area (Å²) in [7, 11) is 0. The molecular weight excluding hydrogens is 244 g/mol. The molecule has 104 valence electrons. The molecule has 0 amide bonds. The number of carbonyl (C=O) groups is 2. The van der Waals surface area contributed by atoms with E-state index in [1.165, 1.54) is 0 Å². The highest BCUT2D eigenvalue weighted by Gasteiger charge is 2.11. The first-order valence-electron chi connectivity index (χ1n) is 6.52. The third kappa shape index (κ3) is 4.73. The Morgan fingerprint density at radius 2 is 1.47 bits per heavy atom. The van der Waals surface area contributed by atoms with Crippen LogP contribution in [0.3, 0.4) is 0 Å². The zero-order valence-corrected chi connectivity index (χ0v) is 11.6.